The highest BCUT2D eigenvalue weighted by Gasteiger charge is 2.13. The molecule has 1 rings (SSSR count). The van der Waals surface area contributed by atoms with Crippen LogP contribution in [0.4, 0.5) is 0 Å². The molecule has 0 spiro atoms. The van der Waals surface area contributed by atoms with E-state index in [2.05, 4.69) is 50.3 Å². The van der Waals surface area contributed by atoms with Gasteiger partial charge in [-0.05, 0) is 31.6 Å². The SMILES string of the molecule is C=C/C=C\c1c(C)c(C=C)c(/C=C\C=C)n1CC. The molecule has 0 N–H and O–H groups in total. The molecule has 94 valence electrons. The minimum Gasteiger partial charge on any atom is -0.341 e. The van der Waals surface area contributed by atoms with Gasteiger partial charge >= 0.3 is 0 Å². The van der Waals surface area contributed by atoms with Crippen molar-refractivity contribution in [3.8, 4) is 0 Å². The maximum Gasteiger partial charge on any atom is 0.0487 e. The Labute approximate surface area is 110 Å². The van der Waals surface area contributed by atoms with E-state index in [0.717, 1.165) is 6.54 Å². The number of rotatable bonds is 6. The van der Waals surface area contributed by atoms with Crippen molar-refractivity contribution in [3.63, 3.8) is 0 Å². The molecular weight excluding hydrogens is 218 g/mol. The lowest BCUT2D eigenvalue weighted by atomic mass is 10.1. The first-order valence-corrected chi connectivity index (χ1v) is 6.14. The van der Waals surface area contributed by atoms with E-state index in [9.17, 15) is 0 Å². The van der Waals surface area contributed by atoms with Gasteiger partial charge in [0.05, 0.1) is 0 Å². The second-order valence-electron chi connectivity index (χ2n) is 3.95. The lowest BCUT2D eigenvalue weighted by Gasteiger charge is -2.06. The zero-order valence-electron chi connectivity index (χ0n) is 11.3. The predicted molar refractivity (Wildman–Crippen MR) is 83.4 cm³/mol. The van der Waals surface area contributed by atoms with Crippen LogP contribution in [0.5, 0.6) is 0 Å². The van der Waals surface area contributed by atoms with E-state index in [-0.39, 0.29) is 0 Å². The summed E-state index contributed by atoms with van der Waals surface area (Å²) in [5.74, 6) is 0. The summed E-state index contributed by atoms with van der Waals surface area (Å²) in [6, 6.07) is 0. The summed E-state index contributed by atoms with van der Waals surface area (Å²) in [6.07, 6.45) is 13.6. The highest BCUT2D eigenvalue weighted by atomic mass is 15.0. The van der Waals surface area contributed by atoms with Crippen LogP contribution in [0.15, 0.2) is 44.0 Å². The Balaban J connectivity index is 3.52. The molecule has 0 saturated carbocycles. The third kappa shape index (κ3) is 2.62. The van der Waals surface area contributed by atoms with Crippen LogP contribution in [0.2, 0.25) is 0 Å². The summed E-state index contributed by atoms with van der Waals surface area (Å²) in [7, 11) is 0. The number of allylic oxidation sites excluding steroid dienone is 4. The van der Waals surface area contributed by atoms with Crippen molar-refractivity contribution in [1.29, 1.82) is 0 Å². The fraction of sp³-hybridized carbons (Fsp3) is 0.176. The molecule has 0 aliphatic heterocycles. The quantitative estimate of drug-likeness (QED) is 0.625. The van der Waals surface area contributed by atoms with E-state index < -0.39 is 0 Å². The zero-order valence-corrected chi connectivity index (χ0v) is 11.3. The van der Waals surface area contributed by atoms with Gasteiger partial charge < -0.3 is 4.57 Å². The molecular formula is C17H21N. The predicted octanol–water partition coefficient (Wildman–Crippen LogP) is 4.86. The molecule has 1 aromatic heterocycles. The Kier molecular flexibility index (Phi) is 5.19. The Morgan fingerprint density at radius 1 is 1.00 bits per heavy atom. The first-order valence-electron chi connectivity index (χ1n) is 6.14. The maximum absolute atomic E-state index is 3.91. The molecule has 1 aromatic rings. The van der Waals surface area contributed by atoms with Gasteiger partial charge in [-0.15, -0.1) is 0 Å². The summed E-state index contributed by atoms with van der Waals surface area (Å²) in [5, 5.41) is 0. The summed E-state index contributed by atoms with van der Waals surface area (Å²) in [6.45, 7) is 16.5. The van der Waals surface area contributed by atoms with Crippen molar-refractivity contribution in [1.82, 2.24) is 4.57 Å². The topological polar surface area (TPSA) is 4.93 Å². The number of hydrogen-bond acceptors (Lipinski definition) is 0. The smallest absolute Gasteiger partial charge is 0.0487 e. The molecule has 1 heteroatoms. The molecule has 0 amide bonds. The average molecular weight is 239 g/mol. The fourth-order valence-corrected chi connectivity index (χ4v) is 2.12. The van der Waals surface area contributed by atoms with Crippen LogP contribution in [0.25, 0.3) is 18.2 Å². The third-order valence-corrected chi connectivity index (χ3v) is 2.95. The second kappa shape index (κ2) is 6.65. The zero-order chi connectivity index (χ0) is 13.5. The minimum atomic E-state index is 0.919. The van der Waals surface area contributed by atoms with Crippen LogP contribution in [-0.2, 0) is 6.54 Å². The summed E-state index contributed by atoms with van der Waals surface area (Å²) in [5.41, 5.74) is 4.80. The van der Waals surface area contributed by atoms with E-state index in [4.69, 9.17) is 0 Å². The molecule has 0 saturated heterocycles. The Bertz CT molecular complexity index is 510. The van der Waals surface area contributed by atoms with Gasteiger partial charge in [-0.2, -0.15) is 0 Å². The van der Waals surface area contributed by atoms with Crippen molar-refractivity contribution < 1.29 is 0 Å². The van der Waals surface area contributed by atoms with Gasteiger partial charge in [-0.1, -0.05) is 50.1 Å². The van der Waals surface area contributed by atoms with Gasteiger partial charge in [0.15, 0.2) is 0 Å². The molecule has 0 atom stereocenters. The Morgan fingerprint density at radius 2 is 1.56 bits per heavy atom. The maximum atomic E-state index is 3.91. The van der Waals surface area contributed by atoms with E-state index in [1.54, 1.807) is 12.2 Å². The van der Waals surface area contributed by atoms with Crippen LogP contribution in [0.1, 0.15) is 29.4 Å². The van der Waals surface area contributed by atoms with Crippen molar-refractivity contribution in [2.75, 3.05) is 0 Å². The largest absolute Gasteiger partial charge is 0.341 e. The van der Waals surface area contributed by atoms with Gasteiger partial charge in [0.2, 0.25) is 0 Å². The first kappa shape index (κ1) is 14.0. The molecule has 1 heterocycles. The van der Waals surface area contributed by atoms with Crippen molar-refractivity contribution in [3.05, 3.63) is 66.6 Å². The standard InChI is InChI=1S/C17H21N/c1-6-10-12-16-14(5)15(8-3)17(13-11-7-2)18(16)9-4/h6-8,10-13H,1-3,9H2,4-5H3/b12-10-,13-11-. The minimum absolute atomic E-state index is 0.919. The monoisotopic (exact) mass is 239 g/mol. The molecule has 0 aliphatic rings. The molecule has 0 radical (unpaired) electrons. The molecule has 0 aliphatic carbocycles. The summed E-state index contributed by atoms with van der Waals surface area (Å²) in [4.78, 5) is 0. The lowest BCUT2D eigenvalue weighted by Crippen LogP contribution is -1.99. The first-order chi connectivity index (χ1) is 8.71. The lowest BCUT2D eigenvalue weighted by molar-refractivity contribution is 0.752. The highest BCUT2D eigenvalue weighted by molar-refractivity contribution is 5.72. The average Bonchev–Trinajstić information content (AvgIpc) is 2.65. The van der Waals surface area contributed by atoms with Crippen molar-refractivity contribution in [2.24, 2.45) is 0 Å². The van der Waals surface area contributed by atoms with Gasteiger partial charge in [0.1, 0.15) is 0 Å². The fourth-order valence-electron chi connectivity index (χ4n) is 2.12. The van der Waals surface area contributed by atoms with Crippen molar-refractivity contribution in [2.45, 2.75) is 20.4 Å². The third-order valence-electron chi connectivity index (χ3n) is 2.95. The Morgan fingerprint density at radius 3 is 2.00 bits per heavy atom. The molecule has 0 bridgehead atoms. The van der Waals surface area contributed by atoms with E-state index in [0.29, 0.717) is 0 Å². The molecule has 1 nitrogen and oxygen atoms in total. The van der Waals surface area contributed by atoms with Gasteiger partial charge in [0.25, 0.3) is 0 Å². The van der Waals surface area contributed by atoms with Crippen molar-refractivity contribution >= 4 is 18.2 Å². The molecule has 0 aromatic carbocycles. The van der Waals surface area contributed by atoms with Crippen LogP contribution in [0, 0.1) is 6.92 Å². The summed E-state index contributed by atoms with van der Waals surface area (Å²) >= 11 is 0. The number of aromatic nitrogens is 1. The molecule has 0 fully saturated rings. The highest BCUT2D eigenvalue weighted by Crippen LogP contribution is 2.26. The van der Waals surface area contributed by atoms with E-state index in [1.807, 2.05) is 18.2 Å². The second-order valence-corrected chi connectivity index (χ2v) is 3.95. The summed E-state index contributed by atoms with van der Waals surface area (Å²) < 4.78 is 2.27. The number of nitrogens with zero attached hydrogens (tertiary/aromatic N) is 1. The van der Waals surface area contributed by atoms with Gasteiger partial charge in [-0.25, -0.2) is 0 Å². The van der Waals surface area contributed by atoms with E-state index >= 15 is 0 Å². The van der Waals surface area contributed by atoms with Crippen LogP contribution in [0.3, 0.4) is 0 Å². The van der Waals surface area contributed by atoms with Gasteiger partial charge in [0, 0.05) is 23.5 Å². The van der Waals surface area contributed by atoms with Crippen LogP contribution in [-0.4, -0.2) is 4.57 Å². The molecule has 0 unspecified atom stereocenters. The van der Waals surface area contributed by atoms with Gasteiger partial charge in [-0.3, -0.25) is 0 Å². The van der Waals surface area contributed by atoms with Crippen LogP contribution < -0.4 is 0 Å². The Hall–Kier alpha value is -2.02. The van der Waals surface area contributed by atoms with Crippen LogP contribution >= 0.6 is 0 Å². The molecule has 18 heavy (non-hydrogen) atoms. The normalized spacial score (nSPS) is 11.2. The number of hydrogen-bond donors (Lipinski definition) is 0. The van der Waals surface area contributed by atoms with E-state index in [1.165, 1.54) is 22.5 Å².